The number of amides is 1. The molecule has 0 saturated carbocycles. The maximum Gasteiger partial charge on any atom is 0.277 e. The molecule has 0 spiro atoms. The number of aromatic nitrogens is 4. The summed E-state index contributed by atoms with van der Waals surface area (Å²) in [6.45, 7) is 3.39. The predicted molar refractivity (Wildman–Crippen MR) is 118 cm³/mol. The van der Waals surface area contributed by atoms with Crippen LogP contribution in [-0.2, 0) is 11.2 Å². The van der Waals surface area contributed by atoms with E-state index >= 15 is 0 Å². The Morgan fingerprint density at radius 2 is 1.94 bits per heavy atom. The lowest BCUT2D eigenvalue weighted by Gasteiger charge is -2.08. The summed E-state index contributed by atoms with van der Waals surface area (Å²) >= 11 is 5.92. The van der Waals surface area contributed by atoms with Crippen molar-refractivity contribution in [1.82, 2.24) is 19.6 Å². The fourth-order valence-corrected chi connectivity index (χ4v) is 3.43. The molecule has 8 nitrogen and oxygen atoms in total. The number of aryl methyl sites for hydroxylation is 2. The number of benzene rings is 2. The van der Waals surface area contributed by atoms with Gasteiger partial charge in [0.15, 0.2) is 6.61 Å². The fourth-order valence-electron chi connectivity index (χ4n) is 3.20. The van der Waals surface area contributed by atoms with Gasteiger partial charge in [0.1, 0.15) is 5.75 Å². The maximum absolute atomic E-state index is 12.9. The minimum absolute atomic E-state index is 0.113. The Balaban J connectivity index is 1.50. The summed E-state index contributed by atoms with van der Waals surface area (Å²) in [7, 11) is 0. The van der Waals surface area contributed by atoms with E-state index in [1.54, 1.807) is 25.1 Å². The molecule has 2 heterocycles. The number of aromatic amines is 1. The lowest BCUT2D eigenvalue weighted by atomic mass is 10.1. The molecule has 0 fully saturated rings. The molecular weight excluding hydrogens is 418 g/mol. The van der Waals surface area contributed by atoms with Crippen LogP contribution in [0, 0.1) is 13.8 Å². The molecule has 158 valence electrons. The highest BCUT2D eigenvalue weighted by molar-refractivity contribution is 6.30. The molecule has 0 bridgehead atoms. The van der Waals surface area contributed by atoms with Crippen molar-refractivity contribution in [2.45, 2.75) is 20.3 Å². The van der Waals surface area contributed by atoms with Gasteiger partial charge in [0.05, 0.1) is 5.69 Å². The largest absolute Gasteiger partial charge is 0.483 e. The first-order chi connectivity index (χ1) is 14.9. The third-order valence-corrected chi connectivity index (χ3v) is 5.01. The Morgan fingerprint density at radius 3 is 2.68 bits per heavy atom. The second-order valence-electron chi connectivity index (χ2n) is 7.10. The van der Waals surface area contributed by atoms with Gasteiger partial charge in [0, 0.05) is 17.0 Å². The van der Waals surface area contributed by atoms with Crippen molar-refractivity contribution >= 4 is 29.2 Å². The molecule has 0 aliphatic rings. The number of hydrogen-bond acceptors (Lipinski definition) is 5. The molecule has 1 amide bonds. The maximum atomic E-state index is 12.9. The van der Waals surface area contributed by atoms with Crippen LogP contribution in [0.25, 0.3) is 5.78 Å². The number of nitrogens with one attached hydrogen (secondary N) is 2. The van der Waals surface area contributed by atoms with Crippen LogP contribution >= 0.6 is 11.6 Å². The molecule has 0 unspecified atom stereocenters. The molecule has 0 atom stereocenters. The highest BCUT2D eigenvalue weighted by Crippen LogP contribution is 2.21. The topological polar surface area (TPSA) is 101 Å². The van der Waals surface area contributed by atoms with Gasteiger partial charge in [0.2, 0.25) is 5.95 Å². The summed E-state index contributed by atoms with van der Waals surface area (Å²) < 4.78 is 6.76. The van der Waals surface area contributed by atoms with Gasteiger partial charge in [-0.3, -0.25) is 20.0 Å². The zero-order valence-electron chi connectivity index (χ0n) is 17.0. The first-order valence-electron chi connectivity index (χ1n) is 9.61. The highest BCUT2D eigenvalue weighted by atomic mass is 35.5. The van der Waals surface area contributed by atoms with Crippen LogP contribution in [-0.4, -0.2) is 32.1 Å². The average Bonchev–Trinajstić information content (AvgIpc) is 3.13. The minimum Gasteiger partial charge on any atom is -0.483 e. The van der Waals surface area contributed by atoms with E-state index in [4.69, 9.17) is 16.3 Å². The summed E-state index contributed by atoms with van der Waals surface area (Å²) in [5.74, 6) is 0.428. The van der Waals surface area contributed by atoms with Gasteiger partial charge in [-0.15, -0.1) is 0 Å². The van der Waals surface area contributed by atoms with Gasteiger partial charge < -0.3 is 4.74 Å². The normalized spacial score (nSPS) is 10.9. The van der Waals surface area contributed by atoms with Crippen molar-refractivity contribution in [1.29, 1.82) is 0 Å². The number of rotatable bonds is 6. The fraction of sp³-hybridized carbons (Fsp3) is 0.182. The van der Waals surface area contributed by atoms with Crippen molar-refractivity contribution in [2.24, 2.45) is 0 Å². The van der Waals surface area contributed by atoms with E-state index in [1.807, 2.05) is 37.3 Å². The molecule has 2 N–H and O–H groups in total. The molecule has 0 saturated heterocycles. The van der Waals surface area contributed by atoms with E-state index < -0.39 is 5.91 Å². The summed E-state index contributed by atoms with van der Waals surface area (Å²) in [5.41, 5.74) is 2.73. The molecule has 2 aromatic heterocycles. The van der Waals surface area contributed by atoms with E-state index in [-0.39, 0.29) is 23.9 Å². The minimum atomic E-state index is -0.428. The van der Waals surface area contributed by atoms with Gasteiger partial charge in [-0.05, 0) is 43.2 Å². The molecule has 0 radical (unpaired) electrons. The van der Waals surface area contributed by atoms with Gasteiger partial charge in [0.25, 0.3) is 17.2 Å². The van der Waals surface area contributed by atoms with Crippen LogP contribution in [0.4, 0.5) is 5.95 Å². The van der Waals surface area contributed by atoms with E-state index in [0.29, 0.717) is 28.5 Å². The van der Waals surface area contributed by atoms with Crippen molar-refractivity contribution in [3.8, 4) is 5.75 Å². The lowest BCUT2D eigenvalue weighted by molar-refractivity contribution is -0.118. The highest BCUT2D eigenvalue weighted by Gasteiger charge is 2.15. The Kier molecular flexibility index (Phi) is 5.73. The number of nitrogens with zero attached hydrogens (tertiary/aromatic N) is 3. The molecular formula is C22H20ClN5O3. The summed E-state index contributed by atoms with van der Waals surface area (Å²) in [6, 6.07) is 14.8. The number of halogens is 1. The zero-order chi connectivity index (χ0) is 22.0. The molecule has 4 aromatic rings. The van der Waals surface area contributed by atoms with Crippen molar-refractivity contribution in [3.05, 3.63) is 86.3 Å². The molecule has 0 aliphatic carbocycles. The number of hydrogen-bond donors (Lipinski definition) is 2. The summed E-state index contributed by atoms with van der Waals surface area (Å²) in [6.07, 6.45) is 0.455. The molecule has 4 rings (SSSR count). The van der Waals surface area contributed by atoms with E-state index in [0.717, 1.165) is 11.1 Å². The van der Waals surface area contributed by atoms with Gasteiger partial charge in [-0.25, -0.2) is 4.98 Å². The van der Waals surface area contributed by atoms with Crippen molar-refractivity contribution in [2.75, 3.05) is 11.9 Å². The van der Waals surface area contributed by atoms with E-state index in [2.05, 4.69) is 20.4 Å². The molecule has 31 heavy (non-hydrogen) atoms. The van der Waals surface area contributed by atoms with Crippen LogP contribution in [0.3, 0.4) is 0 Å². The number of fused-ring (bicyclic) bond motifs is 1. The van der Waals surface area contributed by atoms with Crippen LogP contribution in [0.15, 0.2) is 53.3 Å². The van der Waals surface area contributed by atoms with Crippen molar-refractivity contribution in [3.63, 3.8) is 0 Å². The quantitative estimate of drug-likeness (QED) is 0.482. The number of carbonyl (C=O) groups is 1. The first kappa shape index (κ1) is 20.6. The first-order valence-corrected chi connectivity index (χ1v) is 9.99. The molecule has 0 aliphatic heterocycles. The average molecular weight is 438 g/mol. The number of anilines is 1. The number of ether oxygens (including phenoxy) is 1. The Morgan fingerprint density at radius 1 is 1.16 bits per heavy atom. The van der Waals surface area contributed by atoms with Gasteiger partial charge in [-0.1, -0.05) is 41.9 Å². The monoisotopic (exact) mass is 437 g/mol. The summed E-state index contributed by atoms with van der Waals surface area (Å²) in [5, 5.41) is 5.98. The van der Waals surface area contributed by atoms with Crippen molar-refractivity contribution < 1.29 is 9.53 Å². The Labute approximate surface area is 182 Å². The van der Waals surface area contributed by atoms with Crippen LogP contribution in [0.1, 0.15) is 22.4 Å². The number of H-pyrrole nitrogens is 1. The zero-order valence-corrected chi connectivity index (χ0v) is 17.7. The van der Waals surface area contributed by atoms with Gasteiger partial charge >= 0.3 is 0 Å². The number of carbonyl (C=O) groups excluding carboxylic acids is 1. The van der Waals surface area contributed by atoms with Crippen LogP contribution in [0.5, 0.6) is 5.75 Å². The Hall–Kier alpha value is -3.65. The van der Waals surface area contributed by atoms with E-state index in [9.17, 15) is 9.59 Å². The van der Waals surface area contributed by atoms with Crippen LogP contribution < -0.4 is 15.6 Å². The molecule has 9 heteroatoms. The summed E-state index contributed by atoms with van der Waals surface area (Å²) in [4.78, 5) is 33.8. The third-order valence-electron chi connectivity index (χ3n) is 4.77. The smallest absolute Gasteiger partial charge is 0.277 e. The third kappa shape index (κ3) is 4.59. The molecule has 2 aromatic carbocycles. The lowest BCUT2D eigenvalue weighted by Crippen LogP contribution is -2.23. The predicted octanol–water partition coefficient (Wildman–Crippen LogP) is 3.30. The van der Waals surface area contributed by atoms with Crippen LogP contribution in [0.2, 0.25) is 5.02 Å². The second-order valence-corrected chi connectivity index (χ2v) is 7.53. The van der Waals surface area contributed by atoms with E-state index in [1.165, 1.54) is 4.52 Å². The SMILES string of the molecule is Cc1cc(Cl)ccc1OCC(=O)Nc1nc2nc(C)c(Cc3ccccc3)c(=O)n2[nH]1. The standard InChI is InChI=1S/C22H20ClN5O3/c1-13-10-16(23)8-9-18(13)31-12-19(29)25-21-26-22-24-14(2)17(20(30)28(22)27-21)11-15-6-4-3-5-7-15/h3-10H,11-12H2,1-2H3,(H2,24,25,26,27,29). The second kappa shape index (κ2) is 8.61. The van der Waals surface area contributed by atoms with Gasteiger partial charge in [-0.2, -0.15) is 9.50 Å². The Bertz CT molecular complexity index is 1310.